The number of hydrogen-bond donors (Lipinski definition) is 1. The van der Waals surface area contributed by atoms with Crippen molar-refractivity contribution in [2.45, 2.75) is 32.7 Å². The average molecular weight is 560 g/mol. The van der Waals surface area contributed by atoms with Crippen LogP contribution in [-0.4, -0.2) is 69.3 Å². The van der Waals surface area contributed by atoms with Crippen molar-refractivity contribution in [1.29, 1.82) is 5.26 Å². The standard InChI is InChI=1S/C28H30ClN9O2/c1-6-40-25-19(16(3)38-27-23(15(2)35-38)26(31)33-14-34-27)10-21(29)20(11-30)24(25)17-12-37(13-17)18-7-8-32-22(9-18)28(39)36(4)5/h7-10,14,16-17H,6,12-13H2,1-5H3,(H2,31,33,34). The smallest absolute Gasteiger partial charge is 0.272 e. The minimum atomic E-state index is -0.327. The summed E-state index contributed by atoms with van der Waals surface area (Å²) in [5.41, 5.74) is 10.7. The Labute approximate surface area is 237 Å². The van der Waals surface area contributed by atoms with Gasteiger partial charge in [0.2, 0.25) is 0 Å². The highest BCUT2D eigenvalue weighted by Crippen LogP contribution is 2.45. The number of nitrogens with two attached hydrogens (primary N) is 1. The van der Waals surface area contributed by atoms with Crippen LogP contribution in [0.2, 0.25) is 5.02 Å². The van der Waals surface area contributed by atoms with E-state index in [1.54, 1.807) is 37.1 Å². The molecular formula is C28H30ClN9O2. The Bertz CT molecular complexity index is 1650. The summed E-state index contributed by atoms with van der Waals surface area (Å²) >= 11 is 6.73. The fourth-order valence-electron chi connectivity index (χ4n) is 5.20. The zero-order valence-electron chi connectivity index (χ0n) is 23.0. The lowest BCUT2D eigenvalue weighted by Gasteiger charge is -2.42. The van der Waals surface area contributed by atoms with Crippen LogP contribution in [0.1, 0.15) is 58.7 Å². The molecule has 12 heteroatoms. The SMILES string of the molecule is CCOc1c(C(C)n2nc(C)c3c(N)ncnc32)cc(Cl)c(C#N)c1C1CN(c2ccnc(C(=O)N(C)C)c2)C1. The third kappa shape index (κ3) is 4.54. The number of nitrogens with zero attached hydrogens (tertiary/aromatic N) is 8. The molecule has 2 N–H and O–H groups in total. The summed E-state index contributed by atoms with van der Waals surface area (Å²) in [7, 11) is 3.39. The van der Waals surface area contributed by atoms with E-state index < -0.39 is 0 Å². The molecule has 1 aliphatic rings. The number of ether oxygens (including phenoxy) is 1. The molecule has 1 saturated heterocycles. The number of aryl methyl sites for hydroxylation is 1. The van der Waals surface area contributed by atoms with Crippen LogP contribution in [0.5, 0.6) is 5.75 Å². The second kappa shape index (κ2) is 10.6. The lowest BCUT2D eigenvalue weighted by Crippen LogP contribution is -2.45. The summed E-state index contributed by atoms with van der Waals surface area (Å²) in [6, 6.07) is 7.42. The molecule has 0 saturated carbocycles. The van der Waals surface area contributed by atoms with Crippen molar-refractivity contribution in [2.75, 3.05) is 44.4 Å². The highest BCUT2D eigenvalue weighted by atomic mass is 35.5. The first-order valence-corrected chi connectivity index (χ1v) is 13.3. The number of anilines is 2. The lowest BCUT2D eigenvalue weighted by molar-refractivity contribution is 0.0822. The molecule has 1 amide bonds. The predicted molar refractivity (Wildman–Crippen MR) is 153 cm³/mol. The van der Waals surface area contributed by atoms with Gasteiger partial charge in [0.1, 0.15) is 29.7 Å². The van der Waals surface area contributed by atoms with Crippen LogP contribution in [0, 0.1) is 18.3 Å². The van der Waals surface area contributed by atoms with Gasteiger partial charge in [0.25, 0.3) is 5.91 Å². The number of nitriles is 1. The van der Waals surface area contributed by atoms with Gasteiger partial charge in [0.15, 0.2) is 5.65 Å². The van der Waals surface area contributed by atoms with Gasteiger partial charge < -0.3 is 20.3 Å². The Morgan fingerprint density at radius 2 is 2.05 bits per heavy atom. The van der Waals surface area contributed by atoms with Crippen molar-refractivity contribution in [3.8, 4) is 11.8 Å². The van der Waals surface area contributed by atoms with Crippen molar-refractivity contribution < 1.29 is 9.53 Å². The van der Waals surface area contributed by atoms with E-state index in [1.807, 2.05) is 26.8 Å². The van der Waals surface area contributed by atoms with Crippen LogP contribution in [0.25, 0.3) is 11.0 Å². The fourth-order valence-corrected chi connectivity index (χ4v) is 5.46. The number of fused-ring (bicyclic) bond motifs is 1. The van der Waals surface area contributed by atoms with Crippen molar-refractivity contribution in [3.05, 3.63) is 63.8 Å². The zero-order chi connectivity index (χ0) is 28.7. The Morgan fingerprint density at radius 1 is 1.30 bits per heavy atom. The highest BCUT2D eigenvalue weighted by Gasteiger charge is 2.36. The topological polar surface area (TPSA) is 139 Å². The van der Waals surface area contributed by atoms with Gasteiger partial charge in [-0.25, -0.2) is 14.6 Å². The molecule has 4 aromatic rings. The van der Waals surface area contributed by atoms with Crippen LogP contribution >= 0.6 is 11.6 Å². The number of halogens is 1. The molecule has 0 bridgehead atoms. The van der Waals surface area contributed by atoms with E-state index in [1.165, 1.54) is 11.2 Å². The van der Waals surface area contributed by atoms with Crippen LogP contribution in [0.15, 0.2) is 30.7 Å². The van der Waals surface area contributed by atoms with Gasteiger partial charge in [-0.05, 0) is 39.0 Å². The monoisotopic (exact) mass is 559 g/mol. The Hall–Kier alpha value is -4.43. The lowest BCUT2D eigenvalue weighted by atomic mass is 9.84. The first-order valence-electron chi connectivity index (χ1n) is 12.9. The number of aromatic nitrogens is 5. The Balaban J connectivity index is 1.54. The van der Waals surface area contributed by atoms with E-state index in [-0.39, 0.29) is 17.9 Å². The fraction of sp³-hybridized carbons (Fsp3) is 0.357. The molecule has 3 aromatic heterocycles. The maximum atomic E-state index is 12.4. The molecule has 1 fully saturated rings. The molecule has 0 radical (unpaired) electrons. The average Bonchev–Trinajstić information content (AvgIpc) is 3.25. The van der Waals surface area contributed by atoms with Crippen LogP contribution in [-0.2, 0) is 0 Å². The molecular weight excluding hydrogens is 530 g/mol. The summed E-state index contributed by atoms with van der Waals surface area (Å²) in [6.45, 7) is 7.41. The van der Waals surface area contributed by atoms with E-state index in [0.717, 1.165) is 22.5 Å². The van der Waals surface area contributed by atoms with Gasteiger partial charge in [-0.1, -0.05) is 11.6 Å². The Morgan fingerprint density at radius 3 is 2.73 bits per heavy atom. The molecule has 0 aliphatic carbocycles. The number of rotatable bonds is 7. The summed E-state index contributed by atoms with van der Waals surface area (Å²) in [6.07, 6.45) is 3.06. The highest BCUT2D eigenvalue weighted by molar-refractivity contribution is 6.32. The predicted octanol–water partition coefficient (Wildman–Crippen LogP) is 3.95. The van der Waals surface area contributed by atoms with Gasteiger partial charge in [0, 0.05) is 56.1 Å². The molecule has 0 spiro atoms. The summed E-state index contributed by atoms with van der Waals surface area (Å²) in [5, 5.41) is 15.9. The van der Waals surface area contributed by atoms with Gasteiger partial charge >= 0.3 is 0 Å². The third-order valence-electron chi connectivity index (χ3n) is 7.23. The van der Waals surface area contributed by atoms with Crippen molar-refractivity contribution >= 4 is 40.0 Å². The first-order chi connectivity index (χ1) is 19.2. The molecule has 11 nitrogen and oxygen atoms in total. The first kappa shape index (κ1) is 27.1. The number of nitrogen functional groups attached to an aromatic ring is 1. The normalized spacial score (nSPS) is 14.1. The van der Waals surface area contributed by atoms with Gasteiger partial charge in [-0.2, -0.15) is 10.4 Å². The maximum Gasteiger partial charge on any atom is 0.272 e. The number of carbonyl (C=O) groups excluding carboxylic acids is 1. The second-order valence-electron chi connectivity index (χ2n) is 9.97. The largest absolute Gasteiger partial charge is 0.493 e. The van der Waals surface area contributed by atoms with Gasteiger partial charge in [-0.3, -0.25) is 9.78 Å². The number of carbonyl (C=O) groups is 1. The molecule has 1 aromatic carbocycles. The third-order valence-corrected chi connectivity index (χ3v) is 7.53. The minimum Gasteiger partial charge on any atom is -0.493 e. The Kier molecular flexibility index (Phi) is 7.21. The number of hydrogen-bond acceptors (Lipinski definition) is 9. The van der Waals surface area contributed by atoms with Gasteiger partial charge in [-0.15, -0.1) is 0 Å². The maximum absolute atomic E-state index is 12.4. The molecule has 1 aliphatic heterocycles. The zero-order valence-corrected chi connectivity index (χ0v) is 23.8. The summed E-state index contributed by atoms with van der Waals surface area (Å²) in [5.74, 6) is 0.815. The van der Waals surface area contributed by atoms with Gasteiger partial charge in [0.05, 0.1) is 34.3 Å². The number of amides is 1. The summed E-state index contributed by atoms with van der Waals surface area (Å²) in [4.78, 5) is 28.8. The molecule has 4 heterocycles. The van der Waals surface area contributed by atoms with Crippen LogP contribution in [0.3, 0.4) is 0 Å². The number of benzene rings is 1. The van der Waals surface area contributed by atoms with E-state index in [4.69, 9.17) is 27.2 Å². The molecule has 40 heavy (non-hydrogen) atoms. The molecule has 206 valence electrons. The van der Waals surface area contributed by atoms with Crippen molar-refractivity contribution in [1.82, 2.24) is 29.6 Å². The van der Waals surface area contributed by atoms with E-state index >= 15 is 0 Å². The summed E-state index contributed by atoms with van der Waals surface area (Å²) < 4.78 is 8.03. The van der Waals surface area contributed by atoms with Crippen LogP contribution in [0.4, 0.5) is 11.5 Å². The molecule has 1 unspecified atom stereocenters. The quantitative estimate of drug-likeness (QED) is 0.356. The molecule has 5 rings (SSSR count). The minimum absolute atomic E-state index is 0.0175. The van der Waals surface area contributed by atoms with E-state index in [2.05, 4.69) is 25.9 Å². The second-order valence-corrected chi connectivity index (χ2v) is 10.4. The van der Waals surface area contributed by atoms with Crippen molar-refractivity contribution in [2.24, 2.45) is 0 Å². The van der Waals surface area contributed by atoms with E-state index in [9.17, 15) is 10.1 Å². The van der Waals surface area contributed by atoms with E-state index in [0.29, 0.717) is 58.6 Å². The number of pyridine rings is 1. The van der Waals surface area contributed by atoms with Crippen LogP contribution < -0.4 is 15.4 Å². The van der Waals surface area contributed by atoms with Crippen molar-refractivity contribution in [3.63, 3.8) is 0 Å². The molecule has 1 atom stereocenters.